The summed E-state index contributed by atoms with van der Waals surface area (Å²) in [6.45, 7) is 0.440. The number of benzene rings is 2. The second-order valence-corrected chi connectivity index (χ2v) is 7.23. The number of carbonyl (C=O) groups is 2. The van der Waals surface area contributed by atoms with Gasteiger partial charge < -0.3 is 15.3 Å². The van der Waals surface area contributed by atoms with Crippen LogP contribution >= 0.6 is 23.2 Å². The molecule has 1 fully saturated rings. The van der Waals surface area contributed by atoms with Gasteiger partial charge in [0.1, 0.15) is 5.82 Å². The van der Waals surface area contributed by atoms with E-state index in [4.69, 9.17) is 23.2 Å². The van der Waals surface area contributed by atoms with Gasteiger partial charge in [-0.1, -0.05) is 29.3 Å². The third-order valence-corrected chi connectivity index (χ3v) is 5.24. The topological polar surface area (TPSA) is 69.6 Å². The Labute approximate surface area is 165 Å². The molecule has 1 aliphatic rings. The highest BCUT2D eigenvalue weighted by atomic mass is 35.5. The minimum Gasteiger partial charge on any atom is -0.465 e. The molecule has 2 N–H and O–H groups in total. The summed E-state index contributed by atoms with van der Waals surface area (Å²) >= 11 is 11.6. The average molecular weight is 411 g/mol. The number of likely N-dealkylation sites (tertiary alicyclic amines) is 1. The molecule has 0 saturated carbocycles. The highest BCUT2D eigenvalue weighted by Gasteiger charge is 2.34. The molecule has 2 aromatic carbocycles. The molecule has 27 heavy (non-hydrogen) atoms. The van der Waals surface area contributed by atoms with Crippen molar-refractivity contribution < 1.29 is 19.1 Å². The van der Waals surface area contributed by atoms with Gasteiger partial charge >= 0.3 is 6.09 Å². The number of rotatable bonds is 3. The van der Waals surface area contributed by atoms with Gasteiger partial charge in [0.25, 0.3) is 5.91 Å². The number of carbonyl (C=O) groups excluding carboxylic acids is 1. The summed E-state index contributed by atoms with van der Waals surface area (Å²) in [5.74, 6) is -1.26. The van der Waals surface area contributed by atoms with E-state index in [1.54, 1.807) is 30.3 Å². The Balaban J connectivity index is 1.84. The van der Waals surface area contributed by atoms with Gasteiger partial charge in [0.15, 0.2) is 0 Å². The highest BCUT2D eigenvalue weighted by molar-refractivity contribution is 6.31. The van der Waals surface area contributed by atoms with Crippen molar-refractivity contribution >= 4 is 35.2 Å². The van der Waals surface area contributed by atoms with E-state index >= 15 is 0 Å². The Bertz CT molecular complexity index is 861. The normalized spacial score (nSPS) is 19.6. The summed E-state index contributed by atoms with van der Waals surface area (Å²) in [7, 11) is 0. The van der Waals surface area contributed by atoms with Gasteiger partial charge in [-0.2, -0.15) is 0 Å². The highest BCUT2D eigenvalue weighted by Crippen LogP contribution is 2.30. The van der Waals surface area contributed by atoms with Gasteiger partial charge in [0.05, 0.1) is 5.02 Å². The zero-order chi connectivity index (χ0) is 19.6. The van der Waals surface area contributed by atoms with E-state index in [2.05, 4.69) is 5.32 Å². The van der Waals surface area contributed by atoms with Crippen LogP contribution in [0.15, 0.2) is 42.5 Å². The summed E-state index contributed by atoms with van der Waals surface area (Å²) in [4.78, 5) is 25.2. The van der Waals surface area contributed by atoms with Crippen LogP contribution in [0.3, 0.4) is 0 Å². The van der Waals surface area contributed by atoms with E-state index in [-0.39, 0.29) is 30.1 Å². The molecule has 2 aromatic rings. The van der Waals surface area contributed by atoms with Gasteiger partial charge in [-0.15, -0.1) is 0 Å². The van der Waals surface area contributed by atoms with Gasteiger partial charge in [-0.3, -0.25) is 4.79 Å². The molecule has 1 heterocycles. The molecule has 3 rings (SSSR count). The van der Waals surface area contributed by atoms with Gasteiger partial charge in [-0.05, 0) is 48.4 Å². The van der Waals surface area contributed by atoms with Crippen LogP contribution in [0.5, 0.6) is 0 Å². The Morgan fingerprint density at radius 2 is 1.85 bits per heavy atom. The molecule has 8 heteroatoms. The first-order valence-corrected chi connectivity index (χ1v) is 9.10. The second-order valence-electron chi connectivity index (χ2n) is 6.38. The number of nitrogens with zero attached hydrogens (tertiary/aromatic N) is 1. The number of hydrogen-bond donors (Lipinski definition) is 2. The summed E-state index contributed by atoms with van der Waals surface area (Å²) in [5.41, 5.74) is 1.03. The summed E-state index contributed by atoms with van der Waals surface area (Å²) < 4.78 is 13.9. The van der Waals surface area contributed by atoms with E-state index < -0.39 is 17.8 Å². The van der Waals surface area contributed by atoms with Crippen LogP contribution in [-0.2, 0) is 0 Å². The third kappa shape index (κ3) is 4.51. The fraction of sp³-hybridized carbons (Fsp3) is 0.263. The molecule has 1 aliphatic heterocycles. The largest absolute Gasteiger partial charge is 0.465 e. The van der Waals surface area contributed by atoms with E-state index in [0.717, 1.165) is 0 Å². The van der Waals surface area contributed by atoms with Gasteiger partial charge in [0.2, 0.25) is 0 Å². The first kappa shape index (κ1) is 19.5. The lowest BCUT2D eigenvalue weighted by molar-refractivity contribution is 0.0888. The van der Waals surface area contributed by atoms with Crippen LogP contribution in [0.4, 0.5) is 9.18 Å². The minimum absolute atomic E-state index is 0.00796. The smallest absolute Gasteiger partial charge is 0.407 e. The minimum atomic E-state index is -1.04. The number of nitrogens with one attached hydrogen (secondary N) is 1. The number of amides is 2. The number of halogens is 3. The van der Waals surface area contributed by atoms with Crippen molar-refractivity contribution in [3.05, 3.63) is 69.5 Å². The van der Waals surface area contributed by atoms with Crippen molar-refractivity contribution in [2.45, 2.75) is 18.4 Å². The van der Waals surface area contributed by atoms with E-state index in [1.165, 1.54) is 17.0 Å². The SMILES string of the molecule is O=C(N[C@@H]1CCN(C(=O)O)C[C@H]1c1ccc(Cl)c(F)c1)c1ccc(Cl)cc1. The first-order chi connectivity index (χ1) is 12.8. The first-order valence-electron chi connectivity index (χ1n) is 8.34. The zero-order valence-electron chi connectivity index (χ0n) is 14.2. The number of carboxylic acid groups (broad SMARTS) is 1. The van der Waals surface area contributed by atoms with E-state index in [0.29, 0.717) is 22.6 Å². The molecule has 0 spiro atoms. The third-order valence-electron chi connectivity index (χ3n) is 4.68. The maximum Gasteiger partial charge on any atom is 0.407 e. The predicted molar refractivity (Wildman–Crippen MR) is 101 cm³/mol. The standard InChI is InChI=1S/C19H17Cl2FN2O3/c20-13-4-1-11(2-5-13)18(25)23-17-7-8-24(19(26)27)10-14(17)12-3-6-15(21)16(22)9-12/h1-6,9,14,17H,7-8,10H2,(H,23,25)(H,26,27)/t14-,17+/m0/s1. The van der Waals surface area contributed by atoms with Crippen molar-refractivity contribution in [1.82, 2.24) is 10.2 Å². The fourth-order valence-corrected chi connectivity index (χ4v) is 3.48. The van der Waals surface area contributed by atoms with Crippen LogP contribution in [-0.4, -0.2) is 41.1 Å². The molecular weight excluding hydrogens is 394 g/mol. The monoisotopic (exact) mass is 410 g/mol. The van der Waals surface area contributed by atoms with Crippen LogP contribution in [0.1, 0.15) is 28.3 Å². The molecule has 0 aromatic heterocycles. The average Bonchev–Trinajstić information content (AvgIpc) is 2.64. The fourth-order valence-electron chi connectivity index (χ4n) is 3.23. The maximum atomic E-state index is 13.9. The molecule has 2 atom stereocenters. The van der Waals surface area contributed by atoms with Crippen molar-refractivity contribution in [1.29, 1.82) is 0 Å². The van der Waals surface area contributed by atoms with E-state index in [9.17, 15) is 19.1 Å². The summed E-state index contributed by atoms with van der Waals surface area (Å²) in [6.07, 6.45) is -0.627. The van der Waals surface area contributed by atoms with Crippen molar-refractivity contribution in [3.63, 3.8) is 0 Å². The molecular formula is C19H17Cl2FN2O3. The molecule has 1 saturated heterocycles. The Morgan fingerprint density at radius 3 is 2.48 bits per heavy atom. The molecule has 142 valence electrons. The number of hydrogen-bond acceptors (Lipinski definition) is 2. The van der Waals surface area contributed by atoms with Gasteiger partial charge in [0, 0.05) is 35.6 Å². The maximum absolute atomic E-state index is 13.9. The lowest BCUT2D eigenvalue weighted by Crippen LogP contribution is -2.51. The van der Waals surface area contributed by atoms with Crippen molar-refractivity contribution in [2.24, 2.45) is 0 Å². The molecule has 0 radical (unpaired) electrons. The van der Waals surface area contributed by atoms with Crippen molar-refractivity contribution in [2.75, 3.05) is 13.1 Å². The molecule has 0 unspecified atom stereocenters. The van der Waals surface area contributed by atoms with Crippen LogP contribution in [0, 0.1) is 5.82 Å². The molecule has 2 amide bonds. The quantitative estimate of drug-likeness (QED) is 0.787. The van der Waals surface area contributed by atoms with Crippen LogP contribution in [0.25, 0.3) is 0 Å². The lowest BCUT2D eigenvalue weighted by Gasteiger charge is -2.38. The summed E-state index contributed by atoms with van der Waals surface area (Å²) in [5, 5.41) is 12.8. The Morgan fingerprint density at radius 1 is 1.15 bits per heavy atom. The second kappa shape index (κ2) is 8.15. The summed E-state index contributed by atoms with van der Waals surface area (Å²) in [6, 6.07) is 10.5. The van der Waals surface area contributed by atoms with Crippen LogP contribution in [0.2, 0.25) is 10.0 Å². The zero-order valence-corrected chi connectivity index (χ0v) is 15.7. The van der Waals surface area contributed by atoms with Crippen LogP contribution < -0.4 is 5.32 Å². The van der Waals surface area contributed by atoms with Crippen molar-refractivity contribution in [3.8, 4) is 0 Å². The molecule has 5 nitrogen and oxygen atoms in total. The predicted octanol–water partition coefficient (Wildman–Crippen LogP) is 4.40. The molecule has 0 aliphatic carbocycles. The Hall–Kier alpha value is -2.31. The molecule has 0 bridgehead atoms. The van der Waals surface area contributed by atoms with Gasteiger partial charge in [-0.25, -0.2) is 9.18 Å². The number of piperidine rings is 1. The lowest BCUT2D eigenvalue weighted by atomic mass is 9.85. The Kier molecular flexibility index (Phi) is 5.87. The van der Waals surface area contributed by atoms with E-state index in [1.807, 2.05) is 0 Å².